The number of nitrogens with zero attached hydrogens (tertiary/aromatic N) is 3. The smallest absolute Gasteiger partial charge is 0.282 e. The van der Waals surface area contributed by atoms with Gasteiger partial charge in [0.2, 0.25) is 0 Å². The summed E-state index contributed by atoms with van der Waals surface area (Å²) in [6.45, 7) is 2.84. The molecule has 0 bridgehead atoms. The van der Waals surface area contributed by atoms with Crippen molar-refractivity contribution in [1.82, 2.24) is 13.2 Å². The molecule has 7 nitrogen and oxygen atoms in total. The van der Waals surface area contributed by atoms with Crippen molar-refractivity contribution in [1.29, 1.82) is 0 Å². The van der Waals surface area contributed by atoms with Gasteiger partial charge in [0, 0.05) is 43.8 Å². The van der Waals surface area contributed by atoms with Crippen LogP contribution in [0.25, 0.3) is 10.9 Å². The number of aromatic nitrogens is 1. The van der Waals surface area contributed by atoms with Gasteiger partial charge in [-0.15, -0.1) is 0 Å². The number of morpholine rings is 1. The molecule has 164 valence electrons. The molecule has 0 amide bonds. The highest BCUT2D eigenvalue weighted by Gasteiger charge is 2.34. The van der Waals surface area contributed by atoms with Gasteiger partial charge in [-0.2, -0.15) is 17.0 Å². The van der Waals surface area contributed by atoms with Gasteiger partial charge in [0.1, 0.15) is 11.9 Å². The van der Waals surface area contributed by atoms with Crippen molar-refractivity contribution in [2.24, 2.45) is 0 Å². The second-order valence-electron chi connectivity index (χ2n) is 8.59. The molecule has 0 spiro atoms. The molecule has 2 aliphatic heterocycles. The zero-order valence-corrected chi connectivity index (χ0v) is 18.2. The quantitative estimate of drug-likeness (QED) is 0.727. The lowest BCUT2D eigenvalue weighted by molar-refractivity contribution is 0.0677. The first-order chi connectivity index (χ1) is 14.6. The summed E-state index contributed by atoms with van der Waals surface area (Å²) < 4.78 is 43.0. The van der Waals surface area contributed by atoms with E-state index in [1.54, 1.807) is 8.61 Å². The Labute approximate surface area is 178 Å². The van der Waals surface area contributed by atoms with Crippen LogP contribution in [-0.4, -0.2) is 67.1 Å². The Morgan fingerprint density at radius 2 is 1.60 bits per heavy atom. The molecule has 1 aromatic carbocycles. The summed E-state index contributed by atoms with van der Waals surface area (Å²) in [5.74, 6) is 0.915. The average molecular weight is 434 g/mol. The van der Waals surface area contributed by atoms with Crippen molar-refractivity contribution < 1.29 is 17.9 Å². The highest BCUT2D eigenvalue weighted by Crippen LogP contribution is 2.36. The van der Waals surface area contributed by atoms with Gasteiger partial charge < -0.3 is 14.0 Å². The summed E-state index contributed by atoms with van der Waals surface area (Å²) >= 11 is 0. The van der Waals surface area contributed by atoms with Crippen LogP contribution < -0.4 is 4.74 Å². The van der Waals surface area contributed by atoms with Crippen molar-refractivity contribution in [2.45, 2.75) is 50.7 Å². The Hall–Kier alpha value is -1.61. The molecule has 1 aliphatic carbocycles. The van der Waals surface area contributed by atoms with Gasteiger partial charge in [-0.25, -0.2) is 0 Å². The van der Waals surface area contributed by atoms with Crippen LogP contribution in [0.2, 0.25) is 0 Å². The summed E-state index contributed by atoms with van der Waals surface area (Å²) in [5, 5.41) is 1.16. The van der Waals surface area contributed by atoms with Crippen molar-refractivity contribution >= 4 is 21.1 Å². The first-order valence-corrected chi connectivity index (χ1v) is 12.6. The number of rotatable bonds is 5. The summed E-state index contributed by atoms with van der Waals surface area (Å²) in [6.07, 6.45) is 8.80. The third-order valence-electron chi connectivity index (χ3n) is 6.76. The van der Waals surface area contributed by atoms with Crippen LogP contribution >= 0.6 is 0 Å². The first kappa shape index (κ1) is 20.3. The molecule has 3 heterocycles. The molecule has 8 heteroatoms. The minimum absolute atomic E-state index is 0.0431. The highest BCUT2D eigenvalue weighted by atomic mass is 32.2. The SMILES string of the molecule is O=S(=O)(N1CCOCC1)N1CCC(Oc2cccc3c2ccn3C2CCCC2)CC1. The van der Waals surface area contributed by atoms with E-state index in [-0.39, 0.29) is 6.10 Å². The predicted octanol–water partition coefficient (Wildman–Crippen LogP) is 3.18. The van der Waals surface area contributed by atoms with Gasteiger partial charge in [-0.3, -0.25) is 0 Å². The van der Waals surface area contributed by atoms with Crippen LogP contribution in [0, 0.1) is 0 Å². The Balaban J connectivity index is 1.25. The number of piperidine rings is 1. The standard InChI is InChI=1S/C22H31N3O4S/c26-30(27,24-14-16-28-17-15-24)23-11-8-19(9-12-23)29-22-7-3-6-21-20(22)10-13-25(21)18-4-1-2-5-18/h3,6-7,10,13,18-19H,1-2,4-5,8-9,11-12,14-17H2. The van der Waals surface area contributed by atoms with Crippen molar-refractivity contribution in [3.05, 3.63) is 30.5 Å². The lowest BCUT2D eigenvalue weighted by Crippen LogP contribution is -2.51. The maximum absolute atomic E-state index is 12.9. The molecule has 0 unspecified atom stereocenters. The number of ether oxygens (including phenoxy) is 2. The summed E-state index contributed by atoms with van der Waals surface area (Å²) in [4.78, 5) is 0. The van der Waals surface area contributed by atoms with E-state index >= 15 is 0 Å². The Kier molecular flexibility index (Phi) is 5.75. The molecule has 2 aromatic rings. The monoisotopic (exact) mass is 433 g/mol. The van der Waals surface area contributed by atoms with Crippen molar-refractivity contribution in [3.63, 3.8) is 0 Å². The van der Waals surface area contributed by atoms with Gasteiger partial charge in [-0.1, -0.05) is 18.9 Å². The summed E-state index contributed by atoms with van der Waals surface area (Å²) in [5.41, 5.74) is 1.24. The average Bonchev–Trinajstić information content (AvgIpc) is 3.45. The molecule has 0 radical (unpaired) electrons. The van der Waals surface area contributed by atoms with Gasteiger partial charge in [0.05, 0.1) is 18.7 Å². The molecular formula is C22H31N3O4S. The maximum Gasteiger partial charge on any atom is 0.282 e. The van der Waals surface area contributed by atoms with Crippen molar-refractivity contribution in [2.75, 3.05) is 39.4 Å². The molecular weight excluding hydrogens is 402 g/mol. The molecule has 5 rings (SSSR count). The topological polar surface area (TPSA) is 64.0 Å². The van der Waals surface area contributed by atoms with Gasteiger partial charge in [0.25, 0.3) is 10.2 Å². The molecule has 3 fully saturated rings. The second-order valence-corrected chi connectivity index (χ2v) is 10.5. The molecule has 0 atom stereocenters. The number of hydrogen-bond acceptors (Lipinski definition) is 4. The predicted molar refractivity (Wildman–Crippen MR) is 116 cm³/mol. The zero-order valence-electron chi connectivity index (χ0n) is 17.4. The van der Waals surface area contributed by atoms with Crippen LogP contribution in [0.3, 0.4) is 0 Å². The Bertz CT molecular complexity index is 969. The molecule has 0 N–H and O–H groups in total. The van der Waals surface area contributed by atoms with Crippen LogP contribution in [0.5, 0.6) is 5.75 Å². The number of fused-ring (bicyclic) bond motifs is 1. The van der Waals surface area contributed by atoms with Gasteiger partial charge >= 0.3 is 0 Å². The van der Waals surface area contributed by atoms with E-state index in [0.717, 1.165) is 11.1 Å². The minimum atomic E-state index is -3.39. The van der Waals surface area contributed by atoms with E-state index in [1.807, 2.05) is 6.07 Å². The Morgan fingerprint density at radius 3 is 2.33 bits per heavy atom. The third kappa shape index (κ3) is 3.86. The van der Waals surface area contributed by atoms with Crippen LogP contribution in [0.15, 0.2) is 30.5 Å². The van der Waals surface area contributed by atoms with E-state index < -0.39 is 10.2 Å². The number of benzene rings is 1. The summed E-state index contributed by atoms with van der Waals surface area (Å²) in [6, 6.07) is 9.06. The molecule has 1 saturated carbocycles. The van der Waals surface area contributed by atoms with E-state index in [4.69, 9.17) is 9.47 Å². The lowest BCUT2D eigenvalue weighted by atomic mass is 10.1. The van der Waals surface area contributed by atoms with Gasteiger partial charge in [-0.05, 0) is 43.9 Å². The third-order valence-corrected chi connectivity index (χ3v) is 8.79. The van der Waals surface area contributed by atoms with Gasteiger partial charge in [0.15, 0.2) is 0 Å². The normalized spacial score (nSPS) is 23.3. The second kappa shape index (κ2) is 8.49. The maximum atomic E-state index is 12.9. The van der Waals surface area contributed by atoms with E-state index in [2.05, 4.69) is 29.0 Å². The van der Waals surface area contributed by atoms with Crippen molar-refractivity contribution in [3.8, 4) is 5.75 Å². The zero-order chi connectivity index (χ0) is 20.6. The Morgan fingerprint density at radius 1 is 0.900 bits per heavy atom. The minimum Gasteiger partial charge on any atom is -0.490 e. The molecule has 1 aromatic heterocycles. The fourth-order valence-electron chi connectivity index (χ4n) is 5.06. The molecule has 30 heavy (non-hydrogen) atoms. The van der Waals surface area contributed by atoms with E-state index in [1.165, 1.54) is 31.2 Å². The van der Waals surface area contributed by atoms with E-state index in [9.17, 15) is 8.42 Å². The first-order valence-electron chi connectivity index (χ1n) is 11.2. The van der Waals surface area contributed by atoms with Crippen LogP contribution in [-0.2, 0) is 14.9 Å². The summed E-state index contributed by atoms with van der Waals surface area (Å²) in [7, 11) is -3.39. The van der Waals surface area contributed by atoms with Crippen LogP contribution in [0.1, 0.15) is 44.6 Å². The number of hydrogen-bond donors (Lipinski definition) is 0. The molecule has 2 saturated heterocycles. The fourth-order valence-corrected chi connectivity index (χ4v) is 6.67. The highest BCUT2D eigenvalue weighted by molar-refractivity contribution is 7.86. The largest absolute Gasteiger partial charge is 0.490 e. The fraction of sp³-hybridized carbons (Fsp3) is 0.636. The lowest BCUT2D eigenvalue weighted by Gasteiger charge is -2.36. The van der Waals surface area contributed by atoms with E-state index in [0.29, 0.717) is 58.3 Å². The van der Waals surface area contributed by atoms with Crippen LogP contribution in [0.4, 0.5) is 0 Å². The molecule has 3 aliphatic rings.